The highest BCUT2D eigenvalue weighted by Gasteiger charge is 2.16. The van der Waals surface area contributed by atoms with Gasteiger partial charge in [-0.25, -0.2) is 0 Å². The third-order valence-corrected chi connectivity index (χ3v) is 4.99. The number of hydrogen-bond donors (Lipinski definition) is 2. The number of carbonyl (C=O) groups excluding carboxylic acids is 1. The zero-order chi connectivity index (χ0) is 20.1. The van der Waals surface area contributed by atoms with Gasteiger partial charge in [0.15, 0.2) is 5.78 Å². The Kier molecular flexibility index (Phi) is 6.73. The summed E-state index contributed by atoms with van der Waals surface area (Å²) in [6.07, 6.45) is 0. The molecule has 0 atom stereocenters. The van der Waals surface area contributed by atoms with Crippen molar-refractivity contribution in [2.24, 2.45) is 0 Å². The van der Waals surface area contributed by atoms with Crippen LogP contribution in [0.3, 0.4) is 0 Å². The van der Waals surface area contributed by atoms with Crippen molar-refractivity contribution < 1.29 is 14.6 Å². The van der Waals surface area contributed by atoms with Crippen molar-refractivity contribution in [2.75, 3.05) is 18.5 Å². The van der Waals surface area contributed by atoms with Crippen LogP contribution in [0.25, 0.3) is 0 Å². The molecule has 2 N–H and O–H groups in total. The number of carbonyl (C=O) groups is 1. The van der Waals surface area contributed by atoms with E-state index in [9.17, 15) is 4.79 Å². The molecule has 0 aliphatic carbocycles. The molecule has 0 unspecified atom stereocenters. The Labute approximate surface area is 177 Å². The van der Waals surface area contributed by atoms with Crippen molar-refractivity contribution >= 4 is 44.7 Å². The van der Waals surface area contributed by atoms with Gasteiger partial charge >= 0.3 is 0 Å². The maximum absolute atomic E-state index is 12.9. The molecule has 0 aromatic heterocycles. The summed E-state index contributed by atoms with van der Waals surface area (Å²) in [5, 5.41) is 12.5. The summed E-state index contributed by atoms with van der Waals surface area (Å²) in [4.78, 5) is 12.9. The third-order valence-electron chi connectivity index (χ3n) is 4.15. The van der Waals surface area contributed by atoms with E-state index in [0.717, 1.165) is 21.4 Å². The van der Waals surface area contributed by atoms with Gasteiger partial charge in [0.1, 0.15) is 12.4 Å². The molecule has 4 nitrogen and oxygen atoms in total. The lowest BCUT2D eigenvalue weighted by Gasteiger charge is -2.12. The largest absolute Gasteiger partial charge is 0.491 e. The molecule has 0 aliphatic heterocycles. The molecule has 6 heteroatoms. The summed E-state index contributed by atoms with van der Waals surface area (Å²) in [7, 11) is 0. The summed E-state index contributed by atoms with van der Waals surface area (Å²) >= 11 is 9.80. The van der Waals surface area contributed by atoms with Gasteiger partial charge in [-0.2, -0.15) is 0 Å². The molecule has 28 heavy (non-hydrogen) atoms. The van der Waals surface area contributed by atoms with Gasteiger partial charge in [0.2, 0.25) is 0 Å². The van der Waals surface area contributed by atoms with Crippen LogP contribution in [0.5, 0.6) is 5.75 Å². The predicted octanol–water partition coefficient (Wildman–Crippen LogP) is 5.76. The number of nitrogens with one attached hydrogen (secondary N) is 1. The molecule has 0 amide bonds. The molecule has 0 bridgehead atoms. The second-order valence-corrected chi connectivity index (χ2v) is 7.53. The minimum atomic E-state index is -0.147. The molecule has 0 saturated heterocycles. The van der Waals surface area contributed by atoms with E-state index < -0.39 is 0 Å². The van der Waals surface area contributed by atoms with Gasteiger partial charge in [0.25, 0.3) is 0 Å². The molecule has 3 rings (SSSR count). The van der Waals surface area contributed by atoms with Crippen molar-refractivity contribution in [3.05, 3.63) is 86.8 Å². The zero-order valence-corrected chi connectivity index (χ0v) is 17.5. The van der Waals surface area contributed by atoms with E-state index in [4.69, 9.17) is 21.4 Å². The van der Waals surface area contributed by atoms with Crippen LogP contribution in [0.4, 0.5) is 11.4 Å². The Bertz CT molecular complexity index is 990. The first-order chi connectivity index (χ1) is 13.5. The number of halogens is 2. The Morgan fingerprint density at radius 3 is 2.36 bits per heavy atom. The van der Waals surface area contributed by atoms with Gasteiger partial charge in [-0.1, -0.05) is 27.5 Å². The molecular weight excluding hydrogens is 442 g/mol. The summed E-state index contributed by atoms with van der Waals surface area (Å²) < 4.78 is 6.38. The van der Waals surface area contributed by atoms with Crippen molar-refractivity contribution in [1.29, 1.82) is 0 Å². The van der Waals surface area contributed by atoms with E-state index in [2.05, 4.69) is 21.2 Å². The maximum atomic E-state index is 12.9. The lowest BCUT2D eigenvalue weighted by atomic mass is 9.98. The van der Waals surface area contributed by atoms with Gasteiger partial charge in [-0.15, -0.1) is 0 Å². The monoisotopic (exact) mass is 459 g/mol. The maximum Gasteiger partial charge on any atom is 0.194 e. The molecule has 0 radical (unpaired) electrons. The van der Waals surface area contributed by atoms with Gasteiger partial charge < -0.3 is 15.2 Å². The highest BCUT2D eigenvalue weighted by molar-refractivity contribution is 9.10. The fourth-order valence-electron chi connectivity index (χ4n) is 2.77. The SMILES string of the molecule is Cc1cc(OCCO)ccc1C(=O)c1ccc(Nc2ccc(Br)cc2)cc1Cl. The standard InChI is InChI=1S/C22H19BrClNO3/c1-14-12-18(28-11-10-26)7-9-19(14)22(27)20-8-6-17(13-21(20)24)25-16-4-2-15(23)3-5-16/h2-9,12-13,25-26H,10-11H2,1H3. The highest BCUT2D eigenvalue weighted by Crippen LogP contribution is 2.28. The number of ether oxygens (including phenoxy) is 1. The van der Waals surface area contributed by atoms with E-state index in [-0.39, 0.29) is 19.0 Å². The third kappa shape index (κ3) is 4.93. The molecule has 0 saturated carbocycles. The van der Waals surface area contributed by atoms with Crippen molar-refractivity contribution in [2.45, 2.75) is 6.92 Å². The predicted molar refractivity (Wildman–Crippen MR) is 116 cm³/mol. The lowest BCUT2D eigenvalue weighted by Crippen LogP contribution is -2.06. The number of rotatable bonds is 7. The van der Waals surface area contributed by atoms with Gasteiger partial charge in [-0.05, 0) is 73.2 Å². The number of benzene rings is 3. The molecule has 3 aromatic carbocycles. The summed E-state index contributed by atoms with van der Waals surface area (Å²) in [5.74, 6) is 0.467. The van der Waals surface area contributed by atoms with E-state index >= 15 is 0 Å². The van der Waals surface area contributed by atoms with Gasteiger partial charge in [0, 0.05) is 27.0 Å². The molecule has 0 spiro atoms. The minimum absolute atomic E-state index is 0.0595. The Morgan fingerprint density at radius 1 is 1.04 bits per heavy atom. The Balaban J connectivity index is 1.79. The van der Waals surface area contributed by atoms with Crippen LogP contribution < -0.4 is 10.1 Å². The minimum Gasteiger partial charge on any atom is -0.491 e. The van der Waals surface area contributed by atoms with E-state index in [1.54, 1.807) is 30.3 Å². The van der Waals surface area contributed by atoms with Crippen LogP contribution in [0, 0.1) is 6.92 Å². The van der Waals surface area contributed by atoms with E-state index in [1.165, 1.54) is 0 Å². The molecule has 0 fully saturated rings. The van der Waals surface area contributed by atoms with Gasteiger partial charge in [-0.3, -0.25) is 4.79 Å². The first kappa shape index (κ1) is 20.4. The summed E-state index contributed by atoms with van der Waals surface area (Å²) in [5.41, 5.74) is 3.51. The topological polar surface area (TPSA) is 58.6 Å². The van der Waals surface area contributed by atoms with Gasteiger partial charge in [0.05, 0.1) is 11.6 Å². The van der Waals surface area contributed by atoms with Crippen LogP contribution in [0.15, 0.2) is 65.1 Å². The fourth-order valence-corrected chi connectivity index (χ4v) is 3.30. The van der Waals surface area contributed by atoms with Crippen molar-refractivity contribution in [3.8, 4) is 5.75 Å². The number of ketones is 1. The normalized spacial score (nSPS) is 10.6. The van der Waals surface area contributed by atoms with Crippen LogP contribution in [-0.4, -0.2) is 24.1 Å². The summed E-state index contributed by atoms with van der Waals surface area (Å²) in [6, 6.07) is 18.3. The summed E-state index contributed by atoms with van der Waals surface area (Å²) in [6.45, 7) is 2.00. The number of aliphatic hydroxyl groups is 1. The average molecular weight is 461 g/mol. The van der Waals surface area contributed by atoms with Crippen LogP contribution in [-0.2, 0) is 0 Å². The second kappa shape index (κ2) is 9.24. The highest BCUT2D eigenvalue weighted by atomic mass is 79.9. The first-order valence-electron chi connectivity index (χ1n) is 8.69. The molecule has 0 aliphatic rings. The zero-order valence-electron chi connectivity index (χ0n) is 15.2. The van der Waals surface area contributed by atoms with Crippen LogP contribution in [0.1, 0.15) is 21.5 Å². The van der Waals surface area contributed by atoms with Crippen molar-refractivity contribution in [1.82, 2.24) is 0 Å². The number of aliphatic hydroxyl groups excluding tert-OH is 1. The second-order valence-electron chi connectivity index (χ2n) is 6.20. The lowest BCUT2D eigenvalue weighted by molar-refractivity contribution is 0.103. The van der Waals surface area contributed by atoms with E-state index in [0.29, 0.717) is 21.9 Å². The number of aryl methyl sites for hydroxylation is 1. The van der Waals surface area contributed by atoms with Crippen LogP contribution in [0.2, 0.25) is 5.02 Å². The van der Waals surface area contributed by atoms with Crippen LogP contribution >= 0.6 is 27.5 Å². The van der Waals surface area contributed by atoms with E-state index in [1.807, 2.05) is 37.3 Å². The molecule has 3 aromatic rings. The first-order valence-corrected chi connectivity index (χ1v) is 9.86. The molecular formula is C22H19BrClNO3. The molecule has 144 valence electrons. The Hall–Kier alpha value is -2.34. The quantitative estimate of drug-likeness (QED) is 0.440. The molecule has 0 heterocycles. The Morgan fingerprint density at radius 2 is 1.71 bits per heavy atom. The number of anilines is 2. The number of hydrogen-bond acceptors (Lipinski definition) is 4. The van der Waals surface area contributed by atoms with Crippen molar-refractivity contribution in [3.63, 3.8) is 0 Å². The smallest absolute Gasteiger partial charge is 0.194 e. The average Bonchev–Trinajstić information content (AvgIpc) is 2.68. The fraction of sp³-hybridized carbons (Fsp3) is 0.136.